The first-order valence-electron chi connectivity index (χ1n) is 9.14. The van der Waals surface area contributed by atoms with Gasteiger partial charge in [-0.2, -0.15) is 0 Å². The van der Waals surface area contributed by atoms with Crippen molar-refractivity contribution in [1.82, 2.24) is 4.90 Å². The highest BCUT2D eigenvalue weighted by molar-refractivity contribution is 6.09. The molecule has 6 heteroatoms. The van der Waals surface area contributed by atoms with Gasteiger partial charge >= 0.3 is 0 Å². The van der Waals surface area contributed by atoms with Crippen LogP contribution in [0, 0.1) is 10.1 Å². The van der Waals surface area contributed by atoms with E-state index in [4.69, 9.17) is 4.74 Å². The van der Waals surface area contributed by atoms with E-state index in [1.165, 1.54) is 37.1 Å². The summed E-state index contributed by atoms with van der Waals surface area (Å²) in [6.45, 7) is 1.78. The van der Waals surface area contributed by atoms with Crippen LogP contribution in [0.15, 0.2) is 48.5 Å². The summed E-state index contributed by atoms with van der Waals surface area (Å²) in [5.41, 5.74) is 0.920. The molecule has 2 rings (SSSR count). The van der Waals surface area contributed by atoms with Crippen molar-refractivity contribution in [3.8, 4) is 5.75 Å². The van der Waals surface area contributed by atoms with Gasteiger partial charge in [-0.15, -0.1) is 0 Å². The molecule has 144 valence electrons. The van der Waals surface area contributed by atoms with Crippen LogP contribution in [0.25, 0.3) is 0 Å². The first-order valence-corrected chi connectivity index (χ1v) is 9.14. The van der Waals surface area contributed by atoms with Crippen molar-refractivity contribution in [2.75, 3.05) is 27.2 Å². The van der Waals surface area contributed by atoms with E-state index in [1.807, 2.05) is 0 Å². The summed E-state index contributed by atoms with van der Waals surface area (Å²) in [6, 6.07) is 12.6. The van der Waals surface area contributed by atoms with E-state index in [0.717, 1.165) is 25.1 Å². The Labute approximate surface area is 159 Å². The molecule has 0 aromatic heterocycles. The third-order valence-electron chi connectivity index (χ3n) is 4.23. The summed E-state index contributed by atoms with van der Waals surface area (Å²) in [6.07, 6.45) is 4.55. The molecule has 0 aliphatic heterocycles. The van der Waals surface area contributed by atoms with Crippen LogP contribution < -0.4 is 4.74 Å². The van der Waals surface area contributed by atoms with Crippen LogP contribution in [0.5, 0.6) is 5.75 Å². The zero-order valence-electron chi connectivity index (χ0n) is 15.9. The standard InChI is InChI=1S/C21H26N2O4/c1-22(2)15-5-3-4-6-16-27-20-13-9-18(10-14-20)21(24)17-7-11-19(12-8-17)23(25)26/h7-14H,3-6,15-16H2,1-2H3. The van der Waals surface area contributed by atoms with Gasteiger partial charge in [0.05, 0.1) is 11.5 Å². The van der Waals surface area contributed by atoms with E-state index in [2.05, 4.69) is 19.0 Å². The molecule has 2 aromatic carbocycles. The van der Waals surface area contributed by atoms with Gasteiger partial charge in [0.2, 0.25) is 0 Å². The Morgan fingerprint density at radius 3 is 2.04 bits per heavy atom. The average Bonchev–Trinajstić information content (AvgIpc) is 2.67. The van der Waals surface area contributed by atoms with Crippen molar-refractivity contribution in [3.63, 3.8) is 0 Å². The lowest BCUT2D eigenvalue weighted by Crippen LogP contribution is -2.12. The van der Waals surface area contributed by atoms with Crippen molar-refractivity contribution < 1.29 is 14.5 Å². The van der Waals surface area contributed by atoms with Gasteiger partial charge in [0.1, 0.15) is 5.75 Å². The Balaban J connectivity index is 1.79. The Morgan fingerprint density at radius 2 is 1.48 bits per heavy atom. The zero-order chi connectivity index (χ0) is 19.6. The minimum absolute atomic E-state index is 0.0305. The molecule has 0 atom stereocenters. The summed E-state index contributed by atoms with van der Waals surface area (Å²) < 4.78 is 5.72. The van der Waals surface area contributed by atoms with Gasteiger partial charge < -0.3 is 9.64 Å². The predicted molar refractivity (Wildman–Crippen MR) is 105 cm³/mol. The molecule has 27 heavy (non-hydrogen) atoms. The largest absolute Gasteiger partial charge is 0.494 e. The Morgan fingerprint density at radius 1 is 0.926 bits per heavy atom. The van der Waals surface area contributed by atoms with Crippen molar-refractivity contribution in [2.24, 2.45) is 0 Å². The molecule has 0 aliphatic carbocycles. The van der Waals surface area contributed by atoms with Gasteiger partial charge in [0, 0.05) is 23.3 Å². The summed E-state index contributed by atoms with van der Waals surface area (Å²) >= 11 is 0. The number of hydrogen-bond acceptors (Lipinski definition) is 5. The monoisotopic (exact) mass is 370 g/mol. The third kappa shape index (κ3) is 6.83. The van der Waals surface area contributed by atoms with Crippen LogP contribution in [0.2, 0.25) is 0 Å². The molecule has 0 bridgehead atoms. The molecule has 0 N–H and O–H groups in total. The summed E-state index contributed by atoms with van der Waals surface area (Å²) in [7, 11) is 4.16. The van der Waals surface area contributed by atoms with Crippen molar-refractivity contribution in [2.45, 2.75) is 25.7 Å². The normalized spacial score (nSPS) is 10.8. The number of nitro groups is 1. The maximum absolute atomic E-state index is 12.4. The fourth-order valence-corrected chi connectivity index (χ4v) is 2.68. The highest BCUT2D eigenvalue weighted by atomic mass is 16.6. The second kappa shape index (κ2) is 10.4. The molecule has 0 saturated carbocycles. The second-order valence-electron chi connectivity index (χ2n) is 6.72. The number of benzene rings is 2. The number of rotatable bonds is 11. The summed E-state index contributed by atoms with van der Waals surface area (Å²) in [4.78, 5) is 24.8. The Bertz CT molecular complexity index is 740. The maximum Gasteiger partial charge on any atom is 0.269 e. The fraction of sp³-hybridized carbons (Fsp3) is 0.381. The number of carbonyl (C=O) groups excluding carboxylic acids is 1. The van der Waals surface area contributed by atoms with Gasteiger partial charge in [-0.25, -0.2) is 0 Å². The molecule has 6 nitrogen and oxygen atoms in total. The Hall–Kier alpha value is -2.73. The van der Waals surface area contributed by atoms with Crippen LogP contribution in [0.4, 0.5) is 5.69 Å². The minimum atomic E-state index is -0.483. The quantitative estimate of drug-likeness (QED) is 0.255. The molecular weight excluding hydrogens is 344 g/mol. The maximum atomic E-state index is 12.4. The molecule has 0 heterocycles. The topological polar surface area (TPSA) is 72.7 Å². The van der Waals surface area contributed by atoms with Crippen LogP contribution in [-0.4, -0.2) is 42.9 Å². The number of ether oxygens (including phenoxy) is 1. The molecule has 0 saturated heterocycles. The number of nitrogens with zero attached hydrogens (tertiary/aromatic N) is 2. The van der Waals surface area contributed by atoms with Gasteiger partial charge in [0.25, 0.3) is 5.69 Å². The molecular formula is C21H26N2O4. The number of nitro benzene ring substituents is 1. The zero-order valence-corrected chi connectivity index (χ0v) is 15.9. The Kier molecular flexibility index (Phi) is 7.95. The molecule has 0 amide bonds. The SMILES string of the molecule is CN(C)CCCCCCOc1ccc(C(=O)c2ccc([N+](=O)[O-])cc2)cc1. The minimum Gasteiger partial charge on any atom is -0.494 e. The molecule has 0 spiro atoms. The number of unbranched alkanes of at least 4 members (excludes halogenated alkanes) is 3. The molecule has 0 aliphatic rings. The van der Waals surface area contributed by atoms with E-state index < -0.39 is 4.92 Å². The van der Waals surface area contributed by atoms with Crippen LogP contribution in [0.3, 0.4) is 0 Å². The highest BCUT2D eigenvalue weighted by Gasteiger charge is 2.11. The van der Waals surface area contributed by atoms with E-state index in [1.54, 1.807) is 24.3 Å². The van der Waals surface area contributed by atoms with E-state index in [-0.39, 0.29) is 11.5 Å². The lowest BCUT2D eigenvalue weighted by molar-refractivity contribution is -0.384. The molecule has 2 aromatic rings. The lowest BCUT2D eigenvalue weighted by atomic mass is 10.0. The first-order chi connectivity index (χ1) is 13.0. The van der Waals surface area contributed by atoms with Gasteiger partial charge in [-0.05, 0) is 69.9 Å². The first kappa shape index (κ1) is 20.6. The summed E-state index contributed by atoms with van der Waals surface area (Å²) in [5.74, 6) is 0.570. The molecule has 0 fully saturated rings. The van der Waals surface area contributed by atoms with E-state index >= 15 is 0 Å². The van der Waals surface area contributed by atoms with Crippen LogP contribution in [-0.2, 0) is 0 Å². The second-order valence-corrected chi connectivity index (χ2v) is 6.72. The van der Waals surface area contributed by atoms with Crippen LogP contribution >= 0.6 is 0 Å². The lowest BCUT2D eigenvalue weighted by Gasteiger charge is -2.09. The fourth-order valence-electron chi connectivity index (χ4n) is 2.68. The van der Waals surface area contributed by atoms with Gasteiger partial charge in [-0.1, -0.05) is 12.8 Å². The predicted octanol–water partition coefficient (Wildman–Crippen LogP) is 4.33. The highest BCUT2D eigenvalue weighted by Crippen LogP contribution is 2.18. The molecule has 0 unspecified atom stereocenters. The number of ketones is 1. The van der Waals surface area contributed by atoms with Crippen molar-refractivity contribution >= 4 is 11.5 Å². The molecule has 0 radical (unpaired) electrons. The van der Waals surface area contributed by atoms with E-state index in [0.29, 0.717) is 17.7 Å². The smallest absolute Gasteiger partial charge is 0.269 e. The van der Waals surface area contributed by atoms with Crippen molar-refractivity contribution in [1.29, 1.82) is 0 Å². The van der Waals surface area contributed by atoms with E-state index in [9.17, 15) is 14.9 Å². The number of non-ortho nitro benzene ring substituents is 1. The van der Waals surface area contributed by atoms with Gasteiger partial charge in [0.15, 0.2) is 5.78 Å². The third-order valence-corrected chi connectivity index (χ3v) is 4.23. The van der Waals surface area contributed by atoms with Crippen molar-refractivity contribution in [3.05, 3.63) is 69.8 Å². The number of hydrogen-bond donors (Lipinski definition) is 0. The van der Waals surface area contributed by atoms with Gasteiger partial charge in [-0.3, -0.25) is 14.9 Å². The average molecular weight is 370 g/mol. The van der Waals surface area contributed by atoms with Crippen LogP contribution in [0.1, 0.15) is 41.6 Å². The number of carbonyl (C=O) groups is 1. The summed E-state index contributed by atoms with van der Waals surface area (Å²) in [5, 5.41) is 10.7.